The average molecular weight is 487 g/mol. The molecule has 0 unspecified atom stereocenters. The summed E-state index contributed by atoms with van der Waals surface area (Å²) in [7, 11) is 0. The van der Waals surface area contributed by atoms with Crippen molar-refractivity contribution in [1.82, 2.24) is 10.2 Å². The number of anilines is 2. The second-order valence-corrected chi connectivity index (χ2v) is 10.0. The number of benzene rings is 3. The predicted octanol–water partition coefficient (Wildman–Crippen LogP) is 4.88. The SMILES string of the molecule is O=C(Nc1ccc(Sc2ccccc2)c2c1C(=O)NCC2)c1ccc(NCCN2CCCC2)cc1. The summed E-state index contributed by atoms with van der Waals surface area (Å²) in [5.74, 6) is -0.368. The van der Waals surface area contributed by atoms with Gasteiger partial charge in [0.15, 0.2) is 0 Å². The van der Waals surface area contributed by atoms with E-state index in [-0.39, 0.29) is 11.8 Å². The Labute approximate surface area is 210 Å². The zero-order valence-electron chi connectivity index (χ0n) is 19.7. The summed E-state index contributed by atoms with van der Waals surface area (Å²) in [5.41, 5.74) is 3.65. The number of carbonyl (C=O) groups is 2. The van der Waals surface area contributed by atoms with Crippen molar-refractivity contribution < 1.29 is 9.59 Å². The molecule has 0 bridgehead atoms. The van der Waals surface area contributed by atoms with Crippen LogP contribution in [0, 0.1) is 0 Å². The highest BCUT2D eigenvalue weighted by atomic mass is 32.2. The lowest BCUT2D eigenvalue weighted by atomic mass is 9.98. The van der Waals surface area contributed by atoms with Gasteiger partial charge in [0.25, 0.3) is 11.8 Å². The van der Waals surface area contributed by atoms with E-state index in [1.165, 1.54) is 25.9 Å². The number of hydrogen-bond donors (Lipinski definition) is 3. The summed E-state index contributed by atoms with van der Waals surface area (Å²) in [6, 6.07) is 21.4. The van der Waals surface area contributed by atoms with Crippen LogP contribution in [0.25, 0.3) is 0 Å². The molecule has 35 heavy (non-hydrogen) atoms. The summed E-state index contributed by atoms with van der Waals surface area (Å²) < 4.78 is 0. The summed E-state index contributed by atoms with van der Waals surface area (Å²) in [5, 5.41) is 9.32. The van der Waals surface area contributed by atoms with Crippen LogP contribution in [0.3, 0.4) is 0 Å². The number of hydrogen-bond acceptors (Lipinski definition) is 5. The molecule has 0 aromatic heterocycles. The molecule has 180 valence electrons. The lowest BCUT2D eigenvalue weighted by molar-refractivity contribution is 0.0946. The molecular formula is C28H30N4O2S. The number of nitrogens with zero attached hydrogens (tertiary/aromatic N) is 1. The molecule has 0 aliphatic carbocycles. The molecule has 2 aliphatic rings. The molecule has 0 spiro atoms. The Hall–Kier alpha value is -3.29. The number of carbonyl (C=O) groups excluding carboxylic acids is 2. The van der Waals surface area contributed by atoms with Gasteiger partial charge in [-0.1, -0.05) is 30.0 Å². The Morgan fingerprint density at radius 1 is 0.971 bits per heavy atom. The Kier molecular flexibility index (Phi) is 7.35. The number of fused-ring (bicyclic) bond motifs is 1. The van der Waals surface area contributed by atoms with Crippen molar-refractivity contribution in [2.45, 2.75) is 29.1 Å². The molecule has 1 saturated heterocycles. The fourth-order valence-electron chi connectivity index (χ4n) is 4.64. The molecule has 6 nitrogen and oxygen atoms in total. The van der Waals surface area contributed by atoms with Crippen molar-refractivity contribution >= 4 is 35.0 Å². The third-order valence-electron chi connectivity index (χ3n) is 6.48. The Morgan fingerprint density at radius 2 is 1.74 bits per heavy atom. The molecule has 0 saturated carbocycles. The minimum Gasteiger partial charge on any atom is -0.384 e. The van der Waals surface area contributed by atoms with Crippen LogP contribution in [-0.4, -0.2) is 49.4 Å². The molecule has 0 radical (unpaired) electrons. The number of rotatable bonds is 8. The molecule has 2 aliphatic heterocycles. The van der Waals surface area contributed by atoms with Crippen molar-refractivity contribution in [2.75, 3.05) is 43.4 Å². The molecule has 5 rings (SSSR count). The van der Waals surface area contributed by atoms with Gasteiger partial charge in [-0.25, -0.2) is 0 Å². The first-order valence-corrected chi connectivity index (χ1v) is 13.0. The first kappa shape index (κ1) is 23.5. The van der Waals surface area contributed by atoms with E-state index in [0.717, 1.165) is 40.6 Å². The van der Waals surface area contributed by atoms with Crippen LogP contribution >= 0.6 is 11.8 Å². The minimum absolute atomic E-state index is 0.144. The molecule has 0 atom stereocenters. The second kappa shape index (κ2) is 11.0. The molecule has 7 heteroatoms. The molecule has 2 heterocycles. The molecule has 3 aromatic rings. The van der Waals surface area contributed by atoms with E-state index >= 15 is 0 Å². The fraction of sp³-hybridized carbons (Fsp3) is 0.286. The first-order chi connectivity index (χ1) is 17.2. The van der Waals surface area contributed by atoms with E-state index in [2.05, 4.69) is 33.0 Å². The van der Waals surface area contributed by atoms with Crippen LogP contribution in [0.2, 0.25) is 0 Å². The van der Waals surface area contributed by atoms with Crippen LogP contribution in [0.4, 0.5) is 11.4 Å². The van der Waals surface area contributed by atoms with Gasteiger partial charge in [-0.05, 0) is 86.4 Å². The number of amides is 2. The largest absolute Gasteiger partial charge is 0.384 e. The van der Waals surface area contributed by atoms with Gasteiger partial charge in [0.1, 0.15) is 0 Å². The second-order valence-electron chi connectivity index (χ2n) is 8.89. The lowest BCUT2D eigenvalue weighted by Crippen LogP contribution is -2.33. The monoisotopic (exact) mass is 486 g/mol. The summed E-state index contributed by atoms with van der Waals surface area (Å²) in [6.07, 6.45) is 3.32. The van der Waals surface area contributed by atoms with Crippen molar-refractivity contribution in [3.8, 4) is 0 Å². The third-order valence-corrected chi connectivity index (χ3v) is 7.59. The van der Waals surface area contributed by atoms with Gasteiger partial charge in [0, 0.05) is 40.7 Å². The smallest absolute Gasteiger partial charge is 0.255 e. The van der Waals surface area contributed by atoms with E-state index in [0.29, 0.717) is 23.4 Å². The standard InChI is InChI=1S/C28H30N4O2S/c33-27(20-8-10-21(11-9-20)29-16-19-32-17-4-5-18-32)31-24-12-13-25(35-22-6-2-1-3-7-22)23-14-15-30-28(34)26(23)24/h1-3,6-13,29H,4-5,14-19H2,(H,30,34)(H,31,33). The van der Waals surface area contributed by atoms with Crippen LogP contribution in [0.15, 0.2) is 76.5 Å². The van der Waals surface area contributed by atoms with Gasteiger partial charge < -0.3 is 20.9 Å². The molecule has 3 aromatic carbocycles. The van der Waals surface area contributed by atoms with Crippen molar-refractivity contribution in [3.63, 3.8) is 0 Å². The quantitative estimate of drug-likeness (QED) is 0.423. The maximum atomic E-state index is 13.0. The minimum atomic E-state index is -0.224. The Bertz CT molecular complexity index is 1190. The van der Waals surface area contributed by atoms with Crippen LogP contribution in [0.5, 0.6) is 0 Å². The number of likely N-dealkylation sites (tertiary alicyclic amines) is 1. The summed E-state index contributed by atoms with van der Waals surface area (Å²) >= 11 is 1.64. The summed E-state index contributed by atoms with van der Waals surface area (Å²) in [6.45, 7) is 4.90. The van der Waals surface area contributed by atoms with Gasteiger partial charge >= 0.3 is 0 Å². The van der Waals surface area contributed by atoms with Crippen LogP contribution in [-0.2, 0) is 6.42 Å². The normalized spacial score (nSPS) is 15.4. The maximum absolute atomic E-state index is 13.0. The van der Waals surface area contributed by atoms with E-state index in [4.69, 9.17) is 0 Å². The number of nitrogens with one attached hydrogen (secondary N) is 3. The van der Waals surface area contributed by atoms with Gasteiger partial charge in [0.05, 0.1) is 11.3 Å². The molecular weight excluding hydrogens is 456 g/mol. The van der Waals surface area contributed by atoms with Crippen LogP contribution in [0.1, 0.15) is 39.1 Å². The topological polar surface area (TPSA) is 73.5 Å². The van der Waals surface area contributed by atoms with Gasteiger partial charge in [-0.3, -0.25) is 9.59 Å². The van der Waals surface area contributed by atoms with E-state index in [1.807, 2.05) is 54.6 Å². The van der Waals surface area contributed by atoms with Gasteiger partial charge in [-0.15, -0.1) is 0 Å². The highest BCUT2D eigenvalue weighted by Gasteiger charge is 2.25. The zero-order valence-corrected chi connectivity index (χ0v) is 20.5. The van der Waals surface area contributed by atoms with Crippen molar-refractivity contribution in [3.05, 3.63) is 83.4 Å². The molecule has 1 fully saturated rings. The molecule has 2 amide bonds. The predicted molar refractivity (Wildman–Crippen MR) is 142 cm³/mol. The molecule has 3 N–H and O–H groups in total. The van der Waals surface area contributed by atoms with E-state index in [1.54, 1.807) is 11.8 Å². The van der Waals surface area contributed by atoms with Gasteiger partial charge in [0.2, 0.25) is 0 Å². The van der Waals surface area contributed by atoms with Crippen LogP contribution < -0.4 is 16.0 Å². The zero-order chi connectivity index (χ0) is 24.0. The average Bonchev–Trinajstić information content (AvgIpc) is 3.40. The Morgan fingerprint density at radius 3 is 2.51 bits per heavy atom. The van der Waals surface area contributed by atoms with Crippen molar-refractivity contribution in [1.29, 1.82) is 0 Å². The fourth-order valence-corrected chi connectivity index (χ4v) is 5.65. The Balaban J connectivity index is 1.27. The van der Waals surface area contributed by atoms with E-state index < -0.39 is 0 Å². The summed E-state index contributed by atoms with van der Waals surface area (Å²) in [4.78, 5) is 30.4. The van der Waals surface area contributed by atoms with Crippen molar-refractivity contribution in [2.24, 2.45) is 0 Å². The maximum Gasteiger partial charge on any atom is 0.255 e. The third kappa shape index (κ3) is 5.69. The lowest BCUT2D eigenvalue weighted by Gasteiger charge is -2.23. The first-order valence-electron chi connectivity index (χ1n) is 12.2. The van der Waals surface area contributed by atoms with Gasteiger partial charge in [-0.2, -0.15) is 0 Å². The van der Waals surface area contributed by atoms with E-state index in [9.17, 15) is 9.59 Å². The highest BCUT2D eigenvalue weighted by molar-refractivity contribution is 7.99. The highest BCUT2D eigenvalue weighted by Crippen LogP contribution is 2.36.